The van der Waals surface area contributed by atoms with Gasteiger partial charge in [0.05, 0.1) is 30.8 Å². The molecule has 0 radical (unpaired) electrons. The fourth-order valence-corrected chi connectivity index (χ4v) is 8.49. The first-order chi connectivity index (χ1) is 32.2. The fourth-order valence-electron chi connectivity index (χ4n) is 8.24. The third-order valence-electron chi connectivity index (χ3n) is 12.1. The zero-order valence-corrected chi connectivity index (χ0v) is 40.1. The number of carbonyl (C=O) groups excluding carboxylic acids is 11. The molecule has 16 N–H and O–H groups in total. The van der Waals surface area contributed by atoms with Crippen LogP contribution in [0.15, 0.2) is 0 Å². The predicted molar refractivity (Wildman–Crippen MR) is 243 cm³/mol. The number of likely N-dealkylation sites (tertiary alicyclic amines) is 3. The third kappa shape index (κ3) is 15.2. The van der Waals surface area contributed by atoms with Crippen molar-refractivity contribution in [3.63, 3.8) is 0 Å². The number of nitrogens with one attached hydrogen (secondary N) is 6. The minimum atomic E-state index is -1.70. The van der Waals surface area contributed by atoms with Crippen molar-refractivity contribution in [3.8, 4) is 0 Å². The highest BCUT2D eigenvalue weighted by Crippen LogP contribution is 2.27. The van der Waals surface area contributed by atoms with Crippen molar-refractivity contribution >= 4 is 77.6 Å². The van der Waals surface area contributed by atoms with Crippen LogP contribution in [-0.4, -0.2) is 210 Å². The number of hydrogen-bond donors (Lipinski definition) is 14. The van der Waals surface area contributed by atoms with E-state index in [9.17, 15) is 73.2 Å². The number of aliphatic hydroxyl groups excluding tert-OH is 4. The van der Waals surface area contributed by atoms with E-state index in [0.29, 0.717) is 19.3 Å². The maximum atomic E-state index is 14.0. The van der Waals surface area contributed by atoms with Crippen LogP contribution in [-0.2, 0) is 52.7 Å². The molecule has 10 unspecified atom stereocenters. The van der Waals surface area contributed by atoms with Gasteiger partial charge in [0.25, 0.3) is 0 Å². The molecular weight excluding hydrogens is 933 g/mol. The van der Waals surface area contributed by atoms with Crippen LogP contribution < -0.4 is 49.1 Å². The van der Waals surface area contributed by atoms with E-state index in [-0.39, 0.29) is 44.6 Å². The average Bonchev–Trinajstić information content (AvgIpc) is 4.08. The van der Waals surface area contributed by atoms with Gasteiger partial charge in [0.15, 0.2) is 0 Å². The summed E-state index contributed by atoms with van der Waals surface area (Å²) in [4.78, 5) is 148. The zero-order chi connectivity index (χ0) is 52.2. The monoisotopic (exact) mass is 1000 g/mol. The largest absolute Gasteiger partial charge is 0.391 e. The molecule has 14 atom stereocenters. The third-order valence-corrected chi connectivity index (χ3v) is 12.5. The van der Waals surface area contributed by atoms with Crippen LogP contribution >= 0.6 is 12.6 Å². The van der Waals surface area contributed by atoms with E-state index in [1.807, 2.05) is 0 Å². The van der Waals surface area contributed by atoms with E-state index in [2.05, 4.69) is 44.5 Å². The summed E-state index contributed by atoms with van der Waals surface area (Å²) in [5.74, 6) is -10.1. The Morgan fingerprint density at radius 3 is 1.46 bits per heavy atom. The van der Waals surface area contributed by atoms with Crippen LogP contribution in [0.4, 0.5) is 0 Å². The number of nitrogens with two attached hydrogens (primary N) is 3. The summed E-state index contributed by atoms with van der Waals surface area (Å²) in [6.45, 7) is 6.44. The molecule has 11 amide bonds. The van der Waals surface area contributed by atoms with Gasteiger partial charge >= 0.3 is 0 Å². The molecule has 388 valence electrons. The Bertz CT molecular complexity index is 1940. The molecule has 0 aliphatic carbocycles. The zero-order valence-electron chi connectivity index (χ0n) is 39.2. The molecule has 0 aromatic carbocycles. The van der Waals surface area contributed by atoms with Crippen LogP contribution in [0.3, 0.4) is 0 Å². The van der Waals surface area contributed by atoms with Crippen molar-refractivity contribution in [2.45, 2.75) is 164 Å². The molecule has 27 nitrogen and oxygen atoms in total. The molecule has 3 aliphatic heterocycles. The maximum Gasteiger partial charge on any atom is 0.246 e. The molecule has 0 bridgehead atoms. The van der Waals surface area contributed by atoms with E-state index < -0.39 is 156 Å². The van der Waals surface area contributed by atoms with E-state index in [0.717, 1.165) is 6.92 Å². The molecule has 69 heavy (non-hydrogen) atoms. The second-order valence-electron chi connectivity index (χ2n) is 17.6. The summed E-state index contributed by atoms with van der Waals surface area (Å²) < 4.78 is 0. The highest BCUT2D eigenvalue weighted by Gasteiger charge is 2.45. The number of aliphatic hydroxyl groups is 4. The minimum absolute atomic E-state index is 0.0712. The first kappa shape index (κ1) is 57.6. The summed E-state index contributed by atoms with van der Waals surface area (Å²) >= 11 is 4.09. The molecule has 0 saturated carbocycles. The van der Waals surface area contributed by atoms with E-state index in [1.165, 1.54) is 42.4 Å². The Kier molecular flexibility index (Phi) is 21.5. The van der Waals surface area contributed by atoms with Crippen molar-refractivity contribution in [3.05, 3.63) is 0 Å². The predicted octanol–water partition coefficient (Wildman–Crippen LogP) is -7.97. The Morgan fingerprint density at radius 2 is 0.971 bits per heavy atom. The molecule has 3 aliphatic rings. The minimum Gasteiger partial charge on any atom is -0.391 e. The standard InChI is InChI=1S/C41H68N12O15S/c1-17(45-34(61)24-9-7-13-52(24)41(68)26-11-8-14-53(26)40(67)22(15-27(42)58)46-36(63)28(43)18(2)54)39(66)51-12-6-10-25(51)35(62)50-30(20(4)56)37(64)47-23(16-69)33(60)49-31(21(5)57)38(65)48-29(19(3)55)32(44)59/h17-26,28-31,54-57,69H,6-16,43H2,1-5H3,(H2,42,58)(H2,44,59)(H,45,61)(H,46,63)(H,47,64)(H,48,65)(H,49,60)(H,50,62)/t17?,18-,19+,20-,21-,22?,23?,24?,25?,26?,28?,29?,30?,31?/m1/s1. The van der Waals surface area contributed by atoms with Gasteiger partial charge in [0, 0.05) is 25.4 Å². The van der Waals surface area contributed by atoms with Crippen molar-refractivity contribution in [2.24, 2.45) is 17.2 Å². The van der Waals surface area contributed by atoms with Crippen molar-refractivity contribution in [1.29, 1.82) is 0 Å². The summed E-state index contributed by atoms with van der Waals surface area (Å²) in [7, 11) is 0. The van der Waals surface area contributed by atoms with Crippen LogP contribution in [0, 0.1) is 0 Å². The summed E-state index contributed by atoms with van der Waals surface area (Å²) in [5, 5.41) is 54.4. The lowest BCUT2D eigenvalue weighted by Gasteiger charge is -2.33. The SMILES string of the molecule is CC(NC(=O)C1CCCN1C(=O)C1CCCN1C(=O)C(CC(N)=O)NC(=O)C(N)[C@@H](C)O)C(=O)N1CCCC1C(=O)NC(C(=O)NC(CS)C(=O)NC(C(=O)NC(C(N)=O)[C@H](C)O)[C@@H](C)O)[C@@H](C)O. The quantitative estimate of drug-likeness (QED) is 0.0423. The van der Waals surface area contributed by atoms with E-state index >= 15 is 0 Å². The Hall–Kier alpha value is -5.68. The van der Waals surface area contributed by atoms with Gasteiger partial charge < -0.3 is 84.2 Å². The molecule has 28 heteroatoms. The smallest absolute Gasteiger partial charge is 0.246 e. The van der Waals surface area contributed by atoms with Crippen molar-refractivity contribution in [2.75, 3.05) is 25.4 Å². The fraction of sp³-hybridized carbons (Fsp3) is 0.732. The first-order valence-electron chi connectivity index (χ1n) is 22.6. The number of amides is 11. The number of carbonyl (C=O) groups is 11. The van der Waals surface area contributed by atoms with Gasteiger partial charge in [-0.25, -0.2) is 0 Å². The lowest BCUT2D eigenvalue weighted by molar-refractivity contribution is -0.149. The summed E-state index contributed by atoms with van der Waals surface area (Å²) in [6.07, 6.45) is -4.78. The van der Waals surface area contributed by atoms with Crippen LogP contribution in [0.5, 0.6) is 0 Å². The molecule has 3 heterocycles. The highest BCUT2D eigenvalue weighted by molar-refractivity contribution is 7.80. The Balaban J connectivity index is 1.66. The van der Waals surface area contributed by atoms with E-state index in [4.69, 9.17) is 17.2 Å². The Morgan fingerprint density at radius 1 is 0.536 bits per heavy atom. The van der Waals surface area contributed by atoms with Gasteiger partial charge in [-0.2, -0.15) is 12.6 Å². The maximum absolute atomic E-state index is 14.0. The number of thiol groups is 1. The van der Waals surface area contributed by atoms with Crippen molar-refractivity contribution < 1.29 is 73.2 Å². The Labute approximate surface area is 403 Å². The highest BCUT2D eigenvalue weighted by atomic mass is 32.1. The lowest BCUT2D eigenvalue weighted by Crippen LogP contribution is -2.63. The average molecular weight is 1000 g/mol. The van der Waals surface area contributed by atoms with Gasteiger partial charge in [0.2, 0.25) is 65.0 Å². The second kappa shape index (κ2) is 25.8. The van der Waals surface area contributed by atoms with Crippen LogP contribution in [0.25, 0.3) is 0 Å². The number of hydrogen-bond acceptors (Lipinski definition) is 17. The summed E-state index contributed by atoms with van der Waals surface area (Å²) in [6, 6.07) is -13.9. The molecule has 3 rings (SSSR count). The van der Waals surface area contributed by atoms with E-state index in [1.54, 1.807) is 0 Å². The lowest BCUT2D eigenvalue weighted by atomic mass is 10.1. The topological polar surface area (TPSA) is 429 Å². The molecule has 0 spiro atoms. The van der Waals surface area contributed by atoms with Crippen LogP contribution in [0.2, 0.25) is 0 Å². The molecule has 3 fully saturated rings. The normalized spacial score (nSPS) is 22.8. The molecule has 0 aromatic rings. The van der Waals surface area contributed by atoms with Gasteiger partial charge in [-0.1, -0.05) is 0 Å². The summed E-state index contributed by atoms with van der Waals surface area (Å²) in [5.41, 5.74) is 16.3. The second-order valence-corrected chi connectivity index (χ2v) is 18.0. The van der Waals surface area contributed by atoms with Gasteiger partial charge in [0.1, 0.15) is 60.4 Å². The van der Waals surface area contributed by atoms with Gasteiger partial charge in [-0.15, -0.1) is 0 Å². The number of nitrogens with zero attached hydrogens (tertiary/aromatic N) is 3. The first-order valence-corrected chi connectivity index (χ1v) is 23.3. The molecular formula is C41H68N12O15S. The van der Waals surface area contributed by atoms with Crippen molar-refractivity contribution in [1.82, 2.24) is 46.6 Å². The van der Waals surface area contributed by atoms with Gasteiger partial charge in [-0.05, 0) is 73.1 Å². The van der Waals surface area contributed by atoms with Gasteiger partial charge in [-0.3, -0.25) is 52.7 Å². The number of primary amides is 2. The molecule has 0 aromatic heterocycles. The molecule has 3 saturated heterocycles. The van der Waals surface area contributed by atoms with Crippen LogP contribution in [0.1, 0.15) is 79.6 Å². The number of rotatable bonds is 23.